The van der Waals surface area contributed by atoms with Crippen LogP contribution in [0.5, 0.6) is 0 Å². The largest absolute Gasteiger partial charge is 0.465 e. The molecule has 2 heterocycles. The lowest BCUT2D eigenvalue weighted by molar-refractivity contribution is -0.175. The first-order valence-electron chi connectivity index (χ1n) is 14.9. The molecule has 0 radical (unpaired) electrons. The number of carbonyl (C=O) groups excluding carboxylic acids is 5. The van der Waals surface area contributed by atoms with Crippen molar-refractivity contribution in [1.29, 1.82) is 0 Å². The minimum Gasteiger partial charge on any atom is -0.465 e. The van der Waals surface area contributed by atoms with Crippen molar-refractivity contribution in [1.82, 2.24) is 0 Å². The Morgan fingerprint density at radius 3 is 1.94 bits per heavy atom. The second kappa shape index (κ2) is 19.8. The van der Waals surface area contributed by atoms with Gasteiger partial charge in [0.1, 0.15) is 22.6 Å². The van der Waals surface area contributed by atoms with E-state index in [1.165, 1.54) is 12.8 Å². The van der Waals surface area contributed by atoms with Crippen LogP contribution in [0.2, 0.25) is 0 Å². The van der Waals surface area contributed by atoms with Gasteiger partial charge in [-0.1, -0.05) is 29.1 Å². The van der Waals surface area contributed by atoms with E-state index in [2.05, 4.69) is 38.6 Å². The van der Waals surface area contributed by atoms with Gasteiger partial charge in [0.05, 0.1) is 13.0 Å². The van der Waals surface area contributed by atoms with Gasteiger partial charge >= 0.3 is 36.2 Å². The predicted octanol–water partition coefficient (Wildman–Crippen LogP) is 6.18. The van der Waals surface area contributed by atoms with Crippen molar-refractivity contribution in [3.05, 3.63) is 24.3 Å². The van der Waals surface area contributed by atoms with Crippen LogP contribution in [-0.2, 0) is 47.7 Å². The van der Waals surface area contributed by atoms with E-state index in [0.717, 1.165) is 19.6 Å². The normalized spacial score (nSPS) is 23.5. The molecule has 2 saturated heterocycles. The molecule has 4 aliphatic rings. The SMILES string of the molecule is C1CCOC1.C=C(C(=O)OC12CCCCC1OC(=O)C2)C(F)(F)F.C=C(C(=O)OC1CCCCC1=O)C(F)(F)F.CCOC(=O)CBr. The zero-order valence-corrected chi connectivity index (χ0v) is 27.5. The van der Waals surface area contributed by atoms with Gasteiger partial charge in [-0.25, -0.2) is 9.59 Å². The number of fused-ring (bicyclic) bond motifs is 1. The molecule has 268 valence electrons. The van der Waals surface area contributed by atoms with E-state index in [0.29, 0.717) is 44.0 Å². The van der Waals surface area contributed by atoms with Crippen LogP contribution < -0.4 is 0 Å². The summed E-state index contributed by atoms with van der Waals surface area (Å²) in [5.41, 5.74) is -4.39. The molecule has 10 nitrogen and oxygen atoms in total. The lowest BCUT2D eigenvalue weighted by Crippen LogP contribution is -2.46. The molecular formula is C30H39BrF6O10. The monoisotopic (exact) mass is 752 g/mol. The molecule has 0 aromatic heterocycles. The third-order valence-electron chi connectivity index (χ3n) is 7.08. The number of rotatable bonds is 6. The van der Waals surface area contributed by atoms with Gasteiger partial charge < -0.3 is 23.7 Å². The van der Waals surface area contributed by atoms with Crippen LogP contribution in [0.25, 0.3) is 0 Å². The maximum absolute atomic E-state index is 12.4. The van der Waals surface area contributed by atoms with Crippen molar-refractivity contribution in [2.75, 3.05) is 25.2 Å². The van der Waals surface area contributed by atoms with Gasteiger partial charge in [-0.15, -0.1) is 0 Å². The summed E-state index contributed by atoms with van der Waals surface area (Å²) >= 11 is 2.94. The van der Waals surface area contributed by atoms with Crippen LogP contribution in [0.1, 0.15) is 77.6 Å². The summed E-state index contributed by atoms with van der Waals surface area (Å²) in [5.74, 6) is -4.17. The van der Waals surface area contributed by atoms with Crippen molar-refractivity contribution in [3.63, 3.8) is 0 Å². The quantitative estimate of drug-likeness (QED) is 0.102. The lowest BCUT2D eigenvalue weighted by Gasteiger charge is -2.36. The Morgan fingerprint density at radius 2 is 1.47 bits per heavy atom. The molecule has 4 rings (SSSR count). The molecule has 47 heavy (non-hydrogen) atoms. The fourth-order valence-electron chi connectivity index (χ4n) is 4.61. The maximum Gasteiger partial charge on any atom is 0.422 e. The molecular weight excluding hydrogens is 714 g/mol. The predicted molar refractivity (Wildman–Crippen MR) is 156 cm³/mol. The summed E-state index contributed by atoms with van der Waals surface area (Å²) in [6.45, 7) is 9.54. The highest BCUT2D eigenvalue weighted by Gasteiger charge is 2.54. The lowest BCUT2D eigenvalue weighted by atomic mass is 9.81. The second-order valence-corrected chi connectivity index (χ2v) is 11.2. The van der Waals surface area contributed by atoms with E-state index >= 15 is 0 Å². The second-order valence-electron chi connectivity index (χ2n) is 10.7. The first-order chi connectivity index (χ1) is 21.9. The van der Waals surface area contributed by atoms with Crippen LogP contribution in [0.15, 0.2) is 24.3 Å². The van der Waals surface area contributed by atoms with E-state index < -0.39 is 59.2 Å². The average molecular weight is 754 g/mol. The highest BCUT2D eigenvalue weighted by molar-refractivity contribution is 9.09. The average Bonchev–Trinajstić information content (AvgIpc) is 3.68. The van der Waals surface area contributed by atoms with Gasteiger partial charge in [0.2, 0.25) is 0 Å². The van der Waals surface area contributed by atoms with E-state index in [1.54, 1.807) is 6.92 Å². The number of ether oxygens (including phenoxy) is 5. The molecule has 0 amide bonds. The van der Waals surface area contributed by atoms with Crippen LogP contribution >= 0.6 is 15.9 Å². The number of carbonyl (C=O) groups is 5. The summed E-state index contributed by atoms with van der Waals surface area (Å²) in [5, 5.41) is 0.292. The number of esters is 4. The molecule has 17 heteroatoms. The Labute approximate surface area is 276 Å². The smallest absolute Gasteiger partial charge is 0.422 e. The van der Waals surface area contributed by atoms with Gasteiger partial charge in [0.25, 0.3) is 0 Å². The number of ketones is 1. The number of hydrogen-bond donors (Lipinski definition) is 0. The highest BCUT2D eigenvalue weighted by Crippen LogP contribution is 2.42. The van der Waals surface area contributed by atoms with E-state index in [9.17, 15) is 50.3 Å². The van der Waals surface area contributed by atoms with E-state index in [-0.39, 0.29) is 31.0 Å². The molecule has 3 atom stereocenters. The van der Waals surface area contributed by atoms with Gasteiger partial charge in [0.15, 0.2) is 17.5 Å². The van der Waals surface area contributed by atoms with Gasteiger partial charge in [0, 0.05) is 19.6 Å². The summed E-state index contributed by atoms with van der Waals surface area (Å²) in [4.78, 5) is 55.2. The Morgan fingerprint density at radius 1 is 0.894 bits per heavy atom. The van der Waals surface area contributed by atoms with Gasteiger partial charge in [-0.3, -0.25) is 14.4 Å². The summed E-state index contributed by atoms with van der Waals surface area (Å²) < 4.78 is 97.2. The molecule has 0 aromatic rings. The topological polar surface area (TPSA) is 132 Å². The summed E-state index contributed by atoms with van der Waals surface area (Å²) in [6, 6.07) is 0. The Balaban J connectivity index is 0.000000352. The van der Waals surface area contributed by atoms with Crippen molar-refractivity contribution in [2.45, 2.75) is 108 Å². The molecule has 2 saturated carbocycles. The number of alkyl halides is 7. The Bertz CT molecular complexity index is 1110. The van der Waals surface area contributed by atoms with E-state index in [1.807, 2.05) is 0 Å². The Hall–Kier alpha value is -2.95. The first-order valence-corrected chi connectivity index (χ1v) is 16.0. The van der Waals surface area contributed by atoms with Crippen LogP contribution in [0.4, 0.5) is 26.3 Å². The van der Waals surface area contributed by atoms with Crippen LogP contribution in [-0.4, -0.2) is 85.0 Å². The fraction of sp³-hybridized carbons (Fsp3) is 0.700. The van der Waals surface area contributed by atoms with Crippen molar-refractivity contribution in [3.8, 4) is 0 Å². The third kappa shape index (κ3) is 14.8. The van der Waals surface area contributed by atoms with Crippen molar-refractivity contribution < 1.29 is 74.0 Å². The maximum atomic E-state index is 12.4. The molecule has 0 bridgehead atoms. The third-order valence-corrected chi connectivity index (χ3v) is 7.54. The molecule has 4 fully saturated rings. The molecule has 0 N–H and O–H groups in total. The summed E-state index contributed by atoms with van der Waals surface area (Å²) in [7, 11) is 0. The van der Waals surface area contributed by atoms with Gasteiger partial charge in [-0.05, 0) is 64.7 Å². The van der Waals surface area contributed by atoms with Crippen molar-refractivity contribution >= 4 is 45.6 Å². The number of Topliss-reactive ketones (excluding diaryl/α,β-unsaturated/α-hetero) is 1. The first kappa shape index (κ1) is 42.1. The number of halogens is 7. The minimum atomic E-state index is -4.83. The zero-order valence-electron chi connectivity index (χ0n) is 25.9. The zero-order chi connectivity index (χ0) is 35.8. The highest BCUT2D eigenvalue weighted by atomic mass is 79.9. The van der Waals surface area contributed by atoms with E-state index in [4.69, 9.17) is 14.2 Å². The van der Waals surface area contributed by atoms with Crippen LogP contribution in [0, 0.1) is 0 Å². The standard InChI is InChI=1S/C12H13F3O4.C10H11F3O3.C4H7BrO2.C4H8O/c1-7(12(13,14)15)10(17)19-11-5-3-2-4-8(11)18-9(16)6-11;1-6(10(11,12)13)9(15)16-8-5-3-2-4-7(8)14;1-2-7-4(6)3-5;1-2-4-5-3-1/h8H,1-6H2;8H,1-5H2;2-3H2,1H3;1-4H2. The molecule has 2 aliphatic carbocycles. The minimum absolute atomic E-state index is 0.186. The van der Waals surface area contributed by atoms with Gasteiger partial charge in [-0.2, -0.15) is 26.3 Å². The number of hydrogen-bond acceptors (Lipinski definition) is 10. The molecule has 3 unspecified atom stereocenters. The molecule has 0 spiro atoms. The summed E-state index contributed by atoms with van der Waals surface area (Å²) in [6.07, 6.45) is -4.76. The fourth-order valence-corrected chi connectivity index (χ4v) is 4.77. The molecule has 0 aromatic carbocycles. The Kier molecular flexibility index (Phi) is 17.7. The molecule has 2 aliphatic heterocycles. The van der Waals surface area contributed by atoms with Crippen LogP contribution in [0.3, 0.4) is 0 Å². The van der Waals surface area contributed by atoms with Crippen molar-refractivity contribution in [2.24, 2.45) is 0 Å².